The van der Waals surface area contributed by atoms with Gasteiger partial charge in [-0.1, -0.05) is 18.2 Å². The molecule has 3 N–H and O–H groups in total. The summed E-state index contributed by atoms with van der Waals surface area (Å²) in [6, 6.07) is 13.1. The second kappa shape index (κ2) is 7.11. The van der Waals surface area contributed by atoms with Crippen LogP contribution in [-0.4, -0.2) is 47.0 Å². The summed E-state index contributed by atoms with van der Waals surface area (Å²) in [6.07, 6.45) is 2.64. The first kappa shape index (κ1) is 17.1. The van der Waals surface area contributed by atoms with E-state index in [2.05, 4.69) is 15.3 Å². The molecule has 2 heterocycles. The summed E-state index contributed by atoms with van der Waals surface area (Å²) in [5, 5.41) is 4.34. The molecular weight excluding hydrogens is 342 g/mol. The predicted molar refractivity (Wildman–Crippen MR) is 105 cm³/mol. The molecule has 1 aliphatic rings. The molecule has 7 nitrogen and oxygen atoms in total. The Kier molecular flexibility index (Phi) is 4.50. The number of hydrogen-bond acceptors (Lipinski definition) is 6. The molecule has 138 valence electrons. The van der Waals surface area contributed by atoms with Crippen LogP contribution in [0.3, 0.4) is 0 Å². The van der Waals surface area contributed by atoms with Crippen LogP contribution in [0.4, 0.5) is 11.6 Å². The summed E-state index contributed by atoms with van der Waals surface area (Å²) >= 11 is 0. The maximum Gasteiger partial charge on any atom is 0.257 e. The summed E-state index contributed by atoms with van der Waals surface area (Å²) in [5.74, 6) is 1.02. The number of rotatable bonds is 4. The minimum absolute atomic E-state index is 0.0596. The molecule has 0 radical (unpaired) electrons. The Hall–Kier alpha value is -3.35. The highest BCUT2D eigenvalue weighted by Crippen LogP contribution is 2.25. The van der Waals surface area contributed by atoms with E-state index in [0.29, 0.717) is 36.0 Å². The number of nitrogens with one attached hydrogen (secondary N) is 1. The lowest BCUT2D eigenvalue weighted by Gasteiger charge is -2.19. The van der Waals surface area contributed by atoms with Crippen LogP contribution < -0.4 is 15.8 Å². The van der Waals surface area contributed by atoms with Crippen molar-refractivity contribution < 1.29 is 9.53 Å². The summed E-state index contributed by atoms with van der Waals surface area (Å²) in [7, 11) is 1.54. The van der Waals surface area contributed by atoms with Gasteiger partial charge in [-0.3, -0.25) is 4.79 Å². The highest BCUT2D eigenvalue weighted by molar-refractivity contribution is 5.97. The third-order valence-electron chi connectivity index (χ3n) is 4.75. The van der Waals surface area contributed by atoms with Crippen molar-refractivity contribution in [3.63, 3.8) is 0 Å². The molecule has 7 heteroatoms. The monoisotopic (exact) mass is 363 g/mol. The third-order valence-corrected chi connectivity index (χ3v) is 4.75. The fourth-order valence-electron chi connectivity index (χ4n) is 3.34. The number of anilines is 2. The molecule has 1 saturated heterocycles. The second-order valence-corrected chi connectivity index (χ2v) is 6.59. The van der Waals surface area contributed by atoms with Crippen molar-refractivity contribution in [2.24, 2.45) is 0 Å². The zero-order chi connectivity index (χ0) is 18.8. The van der Waals surface area contributed by atoms with E-state index in [-0.39, 0.29) is 11.9 Å². The lowest BCUT2D eigenvalue weighted by atomic mass is 10.1. The molecule has 1 fully saturated rings. The fourth-order valence-corrected chi connectivity index (χ4v) is 3.34. The Bertz CT molecular complexity index is 991. The normalized spacial score (nSPS) is 16.5. The molecule has 1 amide bonds. The Labute approximate surface area is 157 Å². The van der Waals surface area contributed by atoms with Gasteiger partial charge in [0.15, 0.2) is 0 Å². The summed E-state index contributed by atoms with van der Waals surface area (Å²) in [5.41, 5.74) is 7.76. The Morgan fingerprint density at radius 2 is 2.15 bits per heavy atom. The van der Waals surface area contributed by atoms with Gasteiger partial charge in [0.25, 0.3) is 5.91 Å². The van der Waals surface area contributed by atoms with Crippen molar-refractivity contribution in [3.8, 4) is 5.75 Å². The Balaban J connectivity index is 1.45. The summed E-state index contributed by atoms with van der Waals surface area (Å²) in [6.45, 7) is 1.25. The number of hydrogen-bond donors (Lipinski definition) is 2. The van der Waals surface area contributed by atoms with E-state index < -0.39 is 0 Å². The number of para-hydroxylation sites is 1. The lowest BCUT2D eigenvalue weighted by Crippen LogP contribution is -2.32. The number of nitrogen functional groups attached to an aromatic ring is 1. The smallest absolute Gasteiger partial charge is 0.257 e. The number of carbonyl (C=O) groups is 1. The third kappa shape index (κ3) is 3.48. The van der Waals surface area contributed by atoms with Gasteiger partial charge in [-0.25, -0.2) is 9.97 Å². The molecule has 1 aliphatic heterocycles. The number of benzene rings is 2. The molecule has 4 rings (SSSR count). The number of carbonyl (C=O) groups excluding carboxylic acids is 1. The number of ether oxygens (including phenoxy) is 1. The average Bonchev–Trinajstić information content (AvgIpc) is 3.15. The van der Waals surface area contributed by atoms with E-state index in [4.69, 9.17) is 10.5 Å². The van der Waals surface area contributed by atoms with Crippen LogP contribution in [-0.2, 0) is 0 Å². The van der Waals surface area contributed by atoms with Crippen molar-refractivity contribution in [2.75, 3.05) is 31.2 Å². The van der Waals surface area contributed by atoms with E-state index in [1.54, 1.807) is 18.2 Å². The zero-order valence-electron chi connectivity index (χ0n) is 15.1. The molecule has 0 unspecified atom stereocenters. The summed E-state index contributed by atoms with van der Waals surface area (Å²) < 4.78 is 5.31. The van der Waals surface area contributed by atoms with Crippen LogP contribution in [0.25, 0.3) is 10.9 Å². The van der Waals surface area contributed by atoms with Crippen LogP contribution in [0.15, 0.2) is 48.7 Å². The topological polar surface area (TPSA) is 93.4 Å². The van der Waals surface area contributed by atoms with Crippen LogP contribution in [0.2, 0.25) is 0 Å². The van der Waals surface area contributed by atoms with Crippen molar-refractivity contribution in [2.45, 2.75) is 12.5 Å². The first-order valence-corrected chi connectivity index (χ1v) is 8.85. The van der Waals surface area contributed by atoms with Crippen molar-refractivity contribution >= 4 is 28.4 Å². The van der Waals surface area contributed by atoms with E-state index in [9.17, 15) is 4.79 Å². The van der Waals surface area contributed by atoms with E-state index in [0.717, 1.165) is 17.3 Å². The molecule has 0 bridgehead atoms. The maximum atomic E-state index is 12.9. The number of methoxy groups -OCH3 is 1. The van der Waals surface area contributed by atoms with Crippen LogP contribution in [0.5, 0.6) is 5.75 Å². The average molecular weight is 363 g/mol. The molecule has 3 aromatic rings. The van der Waals surface area contributed by atoms with Gasteiger partial charge >= 0.3 is 0 Å². The number of nitrogens with two attached hydrogens (primary N) is 1. The van der Waals surface area contributed by atoms with Gasteiger partial charge in [0.1, 0.15) is 5.75 Å². The molecule has 0 spiro atoms. The minimum Gasteiger partial charge on any atom is -0.496 e. The largest absolute Gasteiger partial charge is 0.496 e. The van der Waals surface area contributed by atoms with Gasteiger partial charge in [-0.2, -0.15) is 0 Å². The van der Waals surface area contributed by atoms with Gasteiger partial charge in [-0.15, -0.1) is 0 Å². The van der Waals surface area contributed by atoms with Gasteiger partial charge in [0.2, 0.25) is 5.95 Å². The first-order valence-electron chi connectivity index (χ1n) is 8.85. The molecule has 0 saturated carbocycles. The summed E-state index contributed by atoms with van der Waals surface area (Å²) in [4.78, 5) is 23.6. The first-order chi connectivity index (χ1) is 13.1. The van der Waals surface area contributed by atoms with Gasteiger partial charge < -0.3 is 20.7 Å². The SMILES string of the molecule is COc1cc(N)ccc1C(=O)N1CC[C@@H](Nc2ncc3ccccc3n2)C1. The zero-order valence-corrected chi connectivity index (χ0v) is 15.1. The Morgan fingerprint density at radius 1 is 1.30 bits per heavy atom. The molecule has 1 atom stereocenters. The number of fused-ring (bicyclic) bond motifs is 1. The van der Waals surface area contributed by atoms with Crippen LogP contribution in [0, 0.1) is 0 Å². The second-order valence-electron chi connectivity index (χ2n) is 6.59. The molecule has 2 aromatic carbocycles. The fraction of sp³-hybridized carbons (Fsp3) is 0.250. The van der Waals surface area contributed by atoms with E-state index in [1.807, 2.05) is 35.4 Å². The van der Waals surface area contributed by atoms with Gasteiger partial charge in [0.05, 0.1) is 18.2 Å². The number of nitrogens with zero attached hydrogens (tertiary/aromatic N) is 3. The molecule has 1 aromatic heterocycles. The van der Waals surface area contributed by atoms with Gasteiger partial charge in [0, 0.05) is 42.5 Å². The number of aromatic nitrogens is 2. The van der Waals surface area contributed by atoms with E-state index in [1.165, 1.54) is 7.11 Å². The van der Waals surface area contributed by atoms with Gasteiger partial charge in [-0.05, 0) is 24.6 Å². The van der Waals surface area contributed by atoms with Crippen LogP contribution in [0.1, 0.15) is 16.8 Å². The highest BCUT2D eigenvalue weighted by atomic mass is 16.5. The van der Waals surface area contributed by atoms with Crippen molar-refractivity contribution in [3.05, 3.63) is 54.2 Å². The lowest BCUT2D eigenvalue weighted by molar-refractivity contribution is 0.0788. The van der Waals surface area contributed by atoms with Crippen molar-refractivity contribution in [1.82, 2.24) is 14.9 Å². The highest BCUT2D eigenvalue weighted by Gasteiger charge is 2.29. The molecular formula is C20H21N5O2. The molecule has 27 heavy (non-hydrogen) atoms. The van der Waals surface area contributed by atoms with E-state index >= 15 is 0 Å². The molecule has 0 aliphatic carbocycles. The minimum atomic E-state index is -0.0596. The number of amides is 1. The van der Waals surface area contributed by atoms with Crippen molar-refractivity contribution in [1.29, 1.82) is 0 Å². The Morgan fingerprint density at radius 3 is 3.00 bits per heavy atom. The number of likely N-dealkylation sites (tertiary alicyclic amines) is 1. The maximum absolute atomic E-state index is 12.9. The van der Waals surface area contributed by atoms with Crippen LogP contribution >= 0.6 is 0 Å². The standard InChI is InChI=1S/C20H21N5O2/c1-27-18-10-14(21)6-7-16(18)19(26)25-9-8-15(12-25)23-20-22-11-13-4-2-3-5-17(13)24-20/h2-7,10-11,15H,8-9,12,21H2,1H3,(H,22,23,24)/t15-/m1/s1. The quantitative estimate of drug-likeness (QED) is 0.692. The predicted octanol–water partition coefficient (Wildman–Crippen LogP) is 2.55.